The molecule has 6 heteroatoms. The van der Waals surface area contributed by atoms with Gasteiger partial charge in [-0.25, -0.2) is 0 Å². The SMILES string of the molecule is COc1cccc(NC(N)=NCC2CCCc3cc(OC)ccc32)c1.I. The molecule has 0 spiro atoms. The van der Waals surface area contributed by atoms with Gasteiger partial charge in [0.2, 0.25) is 0 Å². The standard InChI is InChI=1S/C20H25N3O2.HI/c1-24-17-8-4-7-16(12-17)23-20(21)22-13-15-6-3-5-14-11-18(25-2)9-10-19(14)15;/h4,7-12,15H,3,5-6,13H2,1-2H3,(H3,21,22,23);1H. The molecule has 0 heterocycles. The Morgan fingerprint density at radius 2 is 1.92 bits per heavy atom. The van der Waals surface area contributed by atoms with Gasteiger partial charge in [-0.2, -0.15) is 0 Å². The highest BCUT2D eigenvalue weighted by Gasteiger charge is 2.20. The van der Waals surface area contributed by atoms with Gasteiger partial charge in [-0.3, -0.25) is 4.99 Å². The number of ether oxygens (including phenoxy) is 2. The van der Waals surface area contributed by atoms with E-state index in [-0.39, 0.29) is 24.0 Å². The molecule has 1 aliphatic rings. The van der Waals surface area contributed by atoms with Crippen LogP contribution in [0.4, 0.5) is 5.69 Å². The average Bonchev–Trinajstić information content (AvgIpc) is 2.65. The fraction of sp³-hybridized carbons (Fsp3) is 0.350. The number of nitrogens with two attached hydrogens (primary N) is 1. The molecule has 2 aromatic rings. The molecule has 0 aromatic heterocycles. The minimum Gasteiger partial charge on any atom is -0.497 e. The molecule has 0 fully saturated rings. The predicted molar refractivity (Wildman–Crippen MR) is 117 cm³/mol. The minimum atomic E-state index is 0. The molecule has 1 aliphatic carbocycles. The first-order chi connectivity index (χ1) is 12.2. The molecule has 0 amide bonds. The van der Waals surface area contributed by atoms with Crippen LogP contribution in [0.1, 0.15) is 29.9 Å². The Bertz CT molecular complexity index is 764. The van der Waals surface area contributed by atoms with E-state index in [1.165, 1.54) is 17.5 Å². The van der Waals surface area contributed by atoms with E-state index in [1.807, 2.05) is 30.3 Å². The Morgan fingerprint density at radius 3 is 2.69 bits per heavy atom. The number of aryl methyl sites for hydroxylation is 1. The molecule has 1 unspecified atom stereocenters. The third-order valence-electron chi connectivity index (χ3n) is 4.61. The highest BCUT2D eigenvalue weighted by Crippen LogP contribution is 2.34. The van der Waals surface area contributed by atoms with Crippen molar-refractivity contribution in [2.24, 2.45) is 10.7 Å². The summed E-state index contributed by atoms with van der Waals surface area (Å²) in [4.78, 5) is 4.55. The third kappa shape index (κ3) is 5.03. The summed E-state index contributed by atoms with van der Waals surface area (Å²) >= 11 is 0. The van der Waals surface area contributed by atoms with Gasteiger partial charge in [-0.1, -0.05) is 12.1 Å². The second kappa shape index (κ2) is 9.66. The van der Waals surface area contributed by atoms with Crippen molar-refractivity contribution in [1.82, 2.24) is 0 Å². The zero-order chi connectivity index (χ0) is 17.6. The van der Waals surface area contributed by atoms with Gasteiger partial charge in [-0.15, -0.1) is 24.0 Å². The van der Waals surface area contributed by atoms with E-state index in [1.54, 1.807) is 14.2 Å². The lowest BCUT2D eigenvalue weighted by Crippen LogP contribution is -2.24. The lowest BCUT2D eigenvalue weighted by atomic mass is 9.83. The molecule has 3 rings (SSSR count). The molecule has 0 aliphatic heterocycles. The molecular weight excluding hydrogens is 441 g/mol. The minimum absolute atomic E-state index is 0. The van der Waals surface area contributed by atoms with Crippen LogP contribution in [0.25, 0.3) is 0 Å². The Morgan fingerprint density at radius 1 is 1.15 bits per heavy atom. The molecule has 0 saturated carbocycles. The molecule has 2 aromatic carbocycles. The molecule has 0 radical (unpaired) electrons. The number of benzene rings is 2. The first kappa shape index (κ1) is 20.4. The van der Waals surface area contributed by atoms with E-state index < -0.39 is 0 Å². The molecule has 0 bridgehead atoms. The van der Waals surface area contributed by atoms with E-state index >= 15 is 0 Å². The van der Waals surface area contributed by atoms with Crippen LogP contribution in [-0.4, -0.2) is 26.7 Å². The van der Waals surface area contributed by atoms with Crippen LogP contribution in [0.2, 0.25) is 0 Å². The number of aliphatic imine (C=N–C) groups is 1. The topological polar surface area (TPSA) is 68.9 Å². The number of nitrogens with one attached hydrogen (secondary N) is 1. The van der Waals surface area contributed by atoms with Crippen molar-refractivity contribution >= 4 is 35.6 Å². The average molecular weight is 467 g/mol. The fourth-order valence-corrected chi connectivity index (χ4v) is 3.30. The molecular formula is C20H26IN3O2. The van der Waals surface area contributed by atoms with Gasteiger partial charge in [0.15, 0.2) is 5.96 Å². The smallest absolute Gasteiger partial charge is 0.193 e. The Labute approximate surface area is 172 Å². The second-order valence-corrected chi connectivity index (χ2v) is 6.24. The summed E-state index contributed by atoms with van der Waals surface area (Å²) in [5.41, 5.74) is 9.66. The van der Waals surface area contributed by atoms with Crippen molar-refractivity contribution in [1.29, 1.82) is 0 Å². The summed E-state index contributed by atoms with van der Waals surface area (Å²) in [7, 11) is 3.35. The number of rotatable bonds is 5. The number of methoxy groups -OCH3 is 2. The third-order valence-corrected chi connectivity index (χ3v) is 4.61. The Kier molecular flexibility index (Phi) is 7.56. The van der Waals surface area contributed by atoms with Crippen LogP contribution in [-0.2, 0) is 6.42 Å². The van der Waals surface area contributed by atoms with Gasteiger partial charge in [-0.05, 0) is 54.7 Å². The van der Waals surface area contributed by atoms with Gasteiger partial charge < -0.3 is 20.5 Å². The largest absolute Gasteiger partial charge is 0.497 e. The van der Waals surface area contributed by atoms with E-state index in [2.05, 4.69) is 22.4 Å². The van der Waals surface area contributed by atoms with Gasteiger partial charge in [0.25, 0.3) is 0 Å². The molecule has 26 heavy (non-hydrogen) atoms. The molecule has 3 N–H and O–H groups in total. The zero-order valence-electron chi connectivity index (χ0n) is 15.2. The number of fused-ring (bicyclic) bond motifs is 1. The van der Waals surface area contributed by atoms with E-state index in [9.17, 15) is 0 Å². The highest BCUT2D eigenvalue weighted by atomic mass is 127. The number of halogens is 1. The monoisotopic (exact) mass is 467 g/mol. The van der Waals surface area contributed by atoms with Gasteiger partial charge in [0.05, 0.1) is 14.2 Å². The summed E-state index contributed by atoms with van der Waals surface area (Å²) in [6, 6.07) is 14.0. The summed E-state index contributed by atoms with van der Waals surface area (Å²) in [6.07, 6.45) is 3.41. The van der Waals surface area contributed by atoms with E-state index in [0.29, 0.717) is 18.4 Å². The van der Waals surface area contributed by atoms with Crippen LogP contribution in [0.5, 0.6) is 11.5 Å². The van der Waals surface area contributed by atoms with Crippen molar-refractivity contribution in [3.8, 4) is 11.5 Å². The fourth-order valence-electron chi connectivity index (χ4n) is 3.30. The lowest BCUT2D eigenvalue weighted by molar-refractivity contribution is 0.413. The normalized spacial score (nSPS) is 16.2. The summed E-state index contributed by atoms with van der Waals surface area (Å²) in [5.74, 6) is 2.53. The maximum atomic E-state index is 6.06. The van der Waals surface area contributed by atoms with Crippen molar-refractivity contribution in [2.45, 2.75) is 25.2 Å². The van der Waals surface area contributed by atoms with Gasteiger partial charge in [0, 0.05) is 24.2 Å². The molecule has 140 valence electrons. The summed E-state index contributed by atoms with van der Waals surface area (Å²) < 4.78 is 10.5. The van der Waals surface area contributed by atoms with E-state index in [4.69, 9.17) is 15.2 Å². The van der Waals surface area contributed by atoms with E-state index in [0.717, 1.165) is 30.0 Å². The molecule has 5 nitrogen and oxygen atoms in total. The predicted octanol–water partition coefficient (Wildman–Crippen LogP) is 4.17. The van der Waals surface area contributed by atoms with Crippen LogP contribution in [0.15, 0.2) is 47.5 Å². The van der Waals surface area contributed by atoms with Crippen LogP contribution >= 0.6 is 24.0 Å². The lowest BCUT2D eigenvalue weighted by Gasteiger charge is -2.24. The summed E-state index contributed by atoms with van der Waals surface area (Å²) in [6.45, 7) is 0.683. The first-order valence-electron chi connectivity index (χ1n) is 8.57. The molecule has 1 atom stereocenters. The van der Waals surface area contributed by atoms with Crippen LogP contribution in [0, 0.1) is 0 Å². The highest BCUT2D eigenvalue weighted by molar-refractivity contribution is 14.0. The number of nitrogens with zero attached hydrogens (tertiary/aromatic N) is 1. The summed E-state index contributed by atoms with van der Waals surface area (Å²) in [5, 5.41) is 3.13. The Balaban J connectivity index is 0.00000243. The second-order valence-electron chi connectivity index (χ2n) is 6.24. The maximum Gasteiger partial charge on any atom is 0.193 e. The van der Waals surface area contributed by atoms with Crippen LogP contribution in [0.3, 0.4) is 0 Å². The van der Waals surface area contributed by atoms with Crippen molar-refractivity contribution in [2.75, 3.05) is 26.1 Å². The first-order valence-corrected chi connectivity index (χ1v) is 8.57. The van der Waals surface area contributed by atoms with Crippen LogP contribution < -0.4 is 20.5 Å². The number of guanidine groups is 1. The molecule has 0 saturated heterocycles. The maximum absolute atomic E-state index is 6.06. The van der Waals surface area contributed by atoms with Gasteiger partial charge in [0.1, 0.15) is 11.5 Å². The number of hydrogen-bond donors (Lipinski definition) is 2. The quantitative estimate of drug-likeness (QED) is 0.394. The van der Waals surface area contributed by atoms with Crippen molar-refractivity contribution < 1.29 is 9.47 Å². The number of hydrogen-bond acceptors (Lipinski definition) is 3. The number of anilines is 1. The van der Waals surface area contributed by atoms with Gasteiger partial charge >= 0.3 is 0 Å². The van der Waals surface area contributed by atoms with Crippen molar-refractivity contribution in [3.63, 3.8) is 0 Å². The van der Waals surface area contributed by atoms with Crippen molar-refractivity contribution in [3.05, 3.63) is 53.6 Å². The Hall–Kier alpha value is -1.96. The zero-order valence-corrected chi connectivity index (χ0v) is 17.5.